The number of hydrogen-bond acceptors (Lipinski definition) is 6. The average molecular weight is 404 g/mol. The maximum absolute atomic E-state index is 12.4. The number of thioether (sulfide) groups is 1. The van der Waals surface area contributed by atoms with Crippen LogP contribution in [0.15, 0.2) is 41.7 Å². The van der Waals surface area contributed by atoms with Crippen LogP contribution in [0, 0.1) is 0 Å². The number of halogens is 1. The number of benzene rings is 1. The summed E-state index contributed by atoms with van der Waals surface area (Å²) < 4.78 is 3.50. The van der Waals surface area contributed by atoms with E-state index in [4.69, 9.17) is 11.6 Å². The van der Waals surface area contributed by atoms with Crippen LogP contribution in [-0.4, -0.2) is 41.6 Å². The van der Waals surface area contributed by atoms with Gasteiger partial charge in [0.05, 0.1) is 23.7 Å². The van der Waals surface area contributed by atoms with E-state index in [0.717, 1.165) is 24.3 Å². The van der Waals surface area contributed by atoms with Crippen molar-refractivity contribution in [2.24, 2.45) is 0 Å². The summed E-state index contributed by atoms with van der Waals surface area (Å²) in [5, 5.41) is 20.2. The number of amides is 1. The highest BCUT2D eigenvalue weighted by Gasteiger charge is 2.20. The molecule has 2 aromatic heterocycles. The Morgan fingerprint density at radius 2 is 2.00 bits per heavy atom. The lowest BCUT2D eigenvalue weighted by molar-refractivity contribution is -0.113. The van der Waals surface area contributed by atoms with Gasteiger partial charge in [0.2, 0.25) is 11.1 Å². The number of hydrogen-bond donors (Lipinski definition) is 1. The molecule has 140 valence electrons. The SMILES string of the molecule is O=C(CSc1nnnn1-c1ccc(Cl)cc1)Nc1ccnn1C1CCCC1. The molecular weight excluding hydrogens is 386 g/mol. The molecule has 27 heavy (non-hydrogen) atoms. The zero-order valence-corrected chi connectivity index (χ0v) is 16.0. The second kappa shape index (κ2) is 8.10. The molecule has 4 rings (SSSR count). The summed E-state index contributed by atoms with van der Waals surface area (Å²) in [7, 11) is 0. The van der Waals surface area contributed by atoms with Crippen molar-refractivity contribution in [3.8, 4) is 5.69 Å². The van der Waals surface area contributed by atoms with Gasteiger partial charge < -0.3 is 5.32 Å². The number of anilines is 1. The fourth-order valence-electron chi connectivity index (χ4n) is 3.18. The van der Waals surface area contributed by atoms with Gasteiger partial charge in [-0.1, -0.05) is 36.2 Å². The third-order valence-electron chi connectivity index (χ3n) is 4.45. The van der Waals surface area contributed by atoms with Gasteiger partial charge in [-0.25, -0.2) is 4.68 Å². The van der Waals surface area contributed by atoms with Crippen LogP contribution in [0.3, 0.4) is 0 Å². The lowest BCUT2D eigenvalue weighted by Gasteiger charge is -2.14. The summed E-state index contributed by atoms with van der Waals surface area (Å²) in [4.78, 5) is 12.4. The third-order valence-corrected chi connectivity index (χ3v) is 5.62. The Balaban J connectivity index is 1.39. The fourth-order valence-corrected chi connectivity index (χ4v) is 3.99. The van der Waals surface area contributed by atoms with Gasteiger partial charge in [-0.05, 0) is 47.5 Å². The van der Waals surface area contributed by atoms with Crippen molar-refractivity contribution in [1.82, 2.24) is 30.0 Å². The number of carbonyl (C=O) groups excluding carboxylic acids is 1. The highest BCUT2D eigenvalue weighted by molar-refractivity contribution is 7.99. The number of nitrogens with one attached hydrogen (secondary N) is 1. The van der Waals surface area contributed by atoms with Gasteiger partial charge in [-0.3, -0.25) is 4.79 Å². The van der Waals surface area contributed by atoms with Crippen LogP contribution < -0.4 is 5.32 Å². The standard InChI is InChI=1S/C17H18ClN7OS/c18-12-5-7-14(8-6-12)25-17(21-22-23-25)27-11-16(26)20-15-9-10-19-24(15)13-3-1-2-4-13/h5-10,13H,1-4,11H2,(H,20,26). The molecule has 1 aliphatic carbocycles. The number of tetrazole rings is 1. The number of carbonyl (C=O) groups is 1. The van der Waals surface area contributed by atoms with E-state index in [2.05, 4.69) is 25.9 Å². The molecular formula is C17H18ClN7OS. The largest absolute Gasteiger partial charge is 0.310 e. The van der Waals surface area contributed by atoms with E-state index in [0.29, 0.717) is 16.2 Å². The minimum absolute atomic E-state index is 0.120. The first-order valence-corrected chi connectivity index (χ1v) is 10.1. The van der Waals surface area contributed by atoms with Crippen molar-refractivity contribution >= 4 is 35.1 Å². The van der Waals surface area contributed by atoms with E-state index in [1.807, 2.05) is 22.9 Å². The van der Waals surface area contributed by atoms with E-state index < -0.39 is 0 Å². The van der Waals surface area contributed by atoms with Crippen molar-refractivity contribution in [1.29, 1.82) is 0 Å². The van der Waals surface area contributed by atoms with Crippen molar-refractivity contribution in [2.75, 3.05) is 11.1 Å². The Labute approximate surface area is 165 Å². The zero-order valence-electron chi connectivity index (χ0n) is 14.5. The molecule has 1 aromatic carbocycles. The molecule has 0 saturated heterocycles. The van der Waals surface area contributed by atoms with Gasteiger partial charge in [0, 0.05) is 11.1 Å². The molecule has 0 radical (unpaired) electrons. The Kier molecular flexibility index (Phi) is 5.40. The maximum Gasteiger partial charge on any atom is 0.235 e. The van der Waals surface area contributed by atoms with E-state index in [-0.39, 0.29) is 11.7 Å². The normalized spacial score (nSPS) is 14.6. The van der Waals surface area contributed by atoms with Crippen molar-refractivity contribution in [2.45, 2.75) is 36.9 Å². The summed E-state index contributed by atoms with van der Waals surface area (Å²) in [6.45, 7) is 0. The fraction of sp³-hybridized carbons (Fsp3) is 0.353. The van der Waals surface area contributed by atoms with Crippen LogP contribution in [0.4, 0.5) is 5.82 Å². The molecule has 1 saturated carbocycles. The Hall–Kier alpha value is -2.39. The summed E-state index contributed by atoms with van der Waals surface area (Å²) >= 11 is 7.19. The van der Waals surface area contributed by atoms with E-state index >= 15 is 0 Å². The molecule has 1 aliphatic rings. The van der Waals surface area contributed by atoms with Gasteiger partial charge in [-0.15, -0.1) is 5.10 Å². The van der Waals surface area contributed by atoms with Crippen LogP contribution >= 0.6 is 23.4 Å². The second-order valence-corrected chi connectivity index (χ2v) is 7.66. The van der Waals surface area contributed by atoms with Crippen LogP contribution in [-0.2, 0) is 4.79 Å². The van der Waals surface area contributed by atoms with Gasteiger partial charge in [0.1, 0.15) is 5.82 Å². The summed E-state index contributed by atoms with van der Waals surface area (Å²) in [6, 6.07) is 9.39. The molecule has 0 aliphatic heterocycles. The second-order valence-electron chi connectivity index (χ2n) is 6.29. The van der Waals surface area contributed by atoms with Crippen molar-refractivity contribution in [3.63, 3.8) is 0 Å². The smallest absolute Gasteiger partial charge is 0.235 e. The van der Waals surface area contributed by atoms with Crippen LogP contribution in [0.2, 0.25) is 5.02 Å². The monoisotopic (exact) mass is 403 g/mol. The van der Waals surface area contributed by atoms with Crippen molar-refractivity contribution < 1.29 is 4.79 Å². The van der Waals surface area contributed by atoms with Gasteiger partial charge in [0.25, 0.3) is 0 Å². The molecule has 0 unspecified atom stereocenters. The topological polar surface area (TPSA) is 90.5 Å². The highest BCUT2D eigenvalue weighted by atomic mass is 35.5. The molecule has 0 spiro atoms. The predicted molar refractivity (Wildman–Crippen MR) is 103 cm³/mol. The van der Waals surface area contributed by atoms with E-state index in [1.165, 1.54) is 24.6 Å². The first kappa shape index (κ1) is 18.0. The number of nitrogens with zero attached hydrogens (tertiary/aromatic N) is 6. The highest BCUT2D eigenvalue weighted by Crippen LogP contribution is 2.31. The number of aromatic nitrogens is 6. The van der Waals surface area contributed by atoms with Crippen molar-refractivity contribution in [3.05, 3.63) is 41.6 Å². The zero-order chi connectivity index (χ0) is 18.6. The minimum atomic E-state index is -0.120. The first-order chi connectivity index (χ1) is 13.2. The summed E-state index contributed by atoms with van der Waals surface area (Å²) in [5.74, 6) is 0.819. The van der Waals surface area contributed by atoms with E-state index in [1.54, 1.807) is 23.0 Å². The molecule has 0 atom stereocenters. The lowest BCUT2D eigenvalue weighted by Crippen LogP contribution is -2.19. The van der Waals surface area contributed by atoms with Gasteiger partial charge >= 0.3 is 0 Å². The third kappa shape index (κ3) is 4.14. The Bertz CT molecular complexity index is 918. The van der Waals surface area contributed by atoms with Gasteiger partial charge in [-0.2, -0.15) is 9.78 Å². The Morgan fingerprint density at radius 1 is 1.22 bits per heavy atom. The predicted octanol–water partition coefficient (Wildman–Crippen LogP) is 3.36. The van der Waals surface area contributed by atoms with E-state index in [9.17, 15) is 4.79 Å². The molecule has 3 aromatic rings. The molecule has 1 N–H and O–H groups in total. The molecule has 1 fully saturated rings. The Morgan fingerprint density at radius 3 is 2.78 bits per heavy atom. The van der Waals surface area contributed by atoms with Crippen LogP contribution in [0.1, 0.15) is 31.7 Å². The molecule has 10 heteroatoms. The van der Waals surface area contributed by atoms with Crippen LogP contribution in [0.5, 0.6) is 0 Å². The number of rotatable bonds is 6. The summed E-state index contributed by atoms with van der Waals surface area (Å²) in [6.07, 6.45) is 6.36. The maximum atomic E-state index is 12.4. The van der Waals surface area contributed by atoms with Crippen LogP contribution in [0.25, 0.3) is 5.69 Å². The molecule has 2 heterocycles. The first-order valence-electron chi connectivity index (χ1n) is 8.71. The average Bonchev–Trinajstić information content (AvgIpc) is 3.42. The summed E-state index contributed by atoms with van der Waals surface area (Å²) in [5.41, 5.74) is 0.784. The molecule has 8 nitrogen and oxygen atoms in total. The quantitative estimate of drug-likeness (QED) is 0.634. The molecule has 0 bridgehead atoms. The lowest BCUT2D eigenvalue weighted by atomic mass is 10.2. The molecule has 1 amide bonds. The minimum Gasteiger partial charge on any atom is -0.310 e. The van der Waals surface area contributed by atoms with Gasteiger partial charge in [0.15, 0.2) is 0 Å².